The Morgan fingerprint density at radius 1 is 1.07 bits per heavy atom. The van der Waals surface area contributed by atoms with E-state index in [2.05, 4.69) is 20.0 Å². The van der Waals surface area contributed by atoms with Gasteiger partial charge in [-0.2, -0.15) is 4.98 Å². The van der Waals surface area contributed by atoms with Gasteiger partial charge in [-0.15, -0.1) is 0 Å². The van der Waals surface area contributed by atoms with Crippen molar-refractivity contribution in [1.82, 2.24) is 15.1 Å². The molecule has 1 saturated heterocycles. The summed E-state index contributed by atoms with van der Waals surface area (Å²) in [5.41, 5.74) is 1.99. The fourth-order valence-electron chi connectivity index (χ4n) is 3.29. The molecule has 1 aromatic carbocycles. The zero-order valence-electron chi connectivity index (χ0n) is 15.6. The summed E-state index contributed by atoms with van der Waals surface area (Å²) >= 11 is 0. The summed E-state index contributed by atoms with van der Waals surface area (Å²) in [4.78, 5) is 11.4. The summed E-state index contributed by atoms with van der Waals surface area (Å²) in [6.07, 6.45) is 6.91. The minimum atomic E-state index is 0.246. The van der Waals surface area contributed by atoms with E-state index in [0.717, 1.165) is 35.8 Å². The second kappa shape index (κ2) is 8.20. The molecule has 0 spiro atoms. The third-order valence-electron chi connectivity index (χ3n) is 4.76. The maximum atomic E-state index is 5.71. The van der Waals surface area contributed by atoms with Crippen molar-refractivity contribution in [2.45, 2.75) is 39.2 Å². The molecular weight excluding hydrogens is 340 g/mol. The molecule has 4 rings (SSSR count). The lowest BCUT2D eigenvalue weighted by Gasteiger charge is -2.21. The van der Waals surface area contributed by atoms with Gasteiger partial charge in [0, 0.05) is 24.8 Å². The molecule has 27 heavy (non-hydrogen) atoms. The van der Waals surface area contributed by atoms with Crippen molar-refractivity contribution in [2.24, 2.45) is 0 Å². The molecule has 0 bridgehead atoms. The molecule has 1 fully saturated rings. The highest BCUT2D eigenvalue weighted by atomic mass is 16.5. The Balaban J connectivity index is 1.40. The Labute approximate surface area is 159 Å². The number of ether oxygens (including phenoxy) is 1. The molecular formula is C21H24N4O2. The molecule has 0 amide bonds. The fourth-order valence-corrected chi connectivity index (χ4v) is 3.29. The molecule has 0 N–H and O–H groups in total. The van der Waals surface area contributed by atoms with E-state index in [9.17, 15) is 0 Å². The number of pyridine rings is 1. The van der Waals surface area contributed by atoms with Gasteiger partial charge in [-0.25, -0.2) is 4.98 Å². The number of benzene rings is 1. The molecule has 6 nitrogen and oxygen atoms in total. The zero-order valence-corrected chi connectivity index (χ0v) is 15.6. The van der Waals surface area contributed by atoms with E-state index in [1.165, 1.54) is 25.7 Å². The van der Waals surface area contributed by atoms with Crippen molar-refractivity contribution in [2.75, 3.05) is 18.0 Å². The molecule has 0 unspecified atom stereocenters. The normalized spacial score (nSPS) is 14.8. The van der Waals surface area contributed by atoms with Crippen molar-refractivity contribution < 1.29 is 9.26 Å². The van der Waals surface area contributed by atoms with E-state index in [4.69, 9.17) is 9.26 Å². The van der Waals surface area contributed by atoms with Gasteiger partial charge in [0.25, 0.3) is 5.89 Å². The number of hydrogen-bond acceptors (Lipinski definition) is 6. The minimum absolute atomic E-state index is 0.246. The predicted octanol–water partition coefficient (Wildman–Crippen LogP) is 4.40. The van der Waals surface area contributed by atoms with E-state index >= 15 is 0 Å². The minimum Gasteiger partial charge on any atom is -0.484 e. The molecule has 0 radical (unpaired) electrons. The average Bonchev–Trinajstić information content (AvgIpc) is 3.00. The quantitative estimate of drug-likeness (QED) is 0.669. The first-order valence-corrected chi connectivity index (χ1v) is 9.51. The van der Waals surface area contributed by atoms with Gasteiger partial charge in [0.15, 0.2) is 6.61 Å². The summed E-state index contributed by atoms with van der Waals surface area (Å²) < 4.78 is 11.0. The topological polar surface area (TPSA) is 64.3 Å². The zero-order chi connectivity index (χ0) is 18.5. The van der Waals surface area contributed by atoms with Gasteiger partial charge < -0.3 is 14.2 Å². The van der Waals surface area contributed by atoms with Crippen LogP contribution in [0.3, 0.4) is 0 Å². The van der Waals surface area contributed by atoms with Crippen LogP contribution < -0.4 is 9.64 Å². The van der Waals surface area contributed by atoms with Gasteiger partial charge in [-0.05, 0) is 49.6 Å². The van der Waals surface area contributed by atoms with Crippen molar-refractivity contribution >= 4 is 5.82 Å². The Bertz CT molecular complexity index is 868. The van der Waals surface area contributed by atoms with E-state index in [0.29, 0.717) is 11.7 Å². The van der Waals surface area contributed by atoms with E-state index < -0.39 is 0 Å². The summed E-state index contributed by atoms with van der Waals surface area (Å²) in [6, 6.07) is 11.9. The third kappa shape index (κ3) is 4.45. The predicted molar refractivity (Wildman–Crippen MR) is 104 cm³/mol. The van der Waals surface area contributed by atoms with Crippen molar-refractivity contribution in [3.8, 4) is 17.1 Å². The van der Waals surface area contributed by atoms with Crippen LogP contribution in [0.5, 0.6) is 5.75 Å². The van der Waals surface area contributed by atoms with Crippen LogP contribution in [-0.4, -0.2) is 28.2 Å². The van der Waals surface area contributed by atoms with E-state index in [1.807, 2.05) is 49.5 Å². The summed E-state index contributed by atoms with van der Waals surface area (Å²) in [5, 5.41) is 4.05. The Kier molecular flexibility index (Phi) is 5.32. The number of aryl methyl sites for hydroxylation is 1. The average molecular weight is 364 g/mol. The molecule has 0 aliphatic carbocycles. The molecule has 0 atom stereocenters. The maximum absolute atomic E-state index is 5.71. The number of aromatic nitrogens is 3. The van der Waals surface area contributed by atoms with Crippen LogP contribution in [0.25, 0.3) is 11.4 Å². The second-order valence-corrected chi connectivity index (χ2v) is 6.92. The molecule has 2 aromatic heterocycles. The number of anilines is 1. The first kappa shape index (κ1) is 17.5. The lowest BCUT2D eigenvalue weighted by molar-refractivity contribution is 0.243. The number of rotatable bonds is 5. The molecule has 0 saturated carbocycles. The SMILES string of the molecule is Cc1cccc(OCc2nc(-c3ccc(N4CCCCCC4)nc3)no2)c1. The van der Waals surface area contributed by atoms with Crippen LogP contribution in [0.4, 0.5) is 5.82 Å². The Morgan fingerprint density at radius 2 is 1.93 bits per heavy atom. The first-order chi connectivity index (χ1) is 13.3. The molecule has 3 heterocycles. The fraction of sp³-hybridized carbons (Fsp3) is 0.381. The summed E-state index contributed by atoms with van der Waals surface area (Å²) in [5.74, 6) is 2.79. The van der Waals surface area contributed by atoms with Gasteiger partial charge in [0.1, 0.15) is 11.6 Å². The largest absolute Gasteiger partial charge is 0.484 e. The van der Waals surface area contributed by atoms with Gasteiger partial charge in [-0.3, -0.25) is 0 Å². The van der Waals surface area contributed by atoms with E-state index in [1.54, 1.807) is 0 Å². The maximum Gasteiger partial charge on any atom is 0.264 e. The first-order valence-electron chi connectivity index (χ1n) is 9.51. The number of hydrogen-bond donors (Lipinski definition) is 0. The molecule has 1 aliphatic heterocycles. The molecule has 3 aromatic rings. The lowest BCUT2D eigenvalue weighted by atomic mass is 10.2. The van der Waals surface area contributed by atoms with Gasteiger partial charge >= 0.3 is 0 Å². The van der Waals surface area contributed by atoms with Crippen LogP contribution in [-0.2, 0) is 6.61 Å². The second-order valence-electron chi connectivity index (χ2n) is 6.92. The van der Waals surface area contributed by atoms with Gasteiger partial charge in [0.2, 0.25) is 5.82 Å². The van der Waals surface area contributed by atoms with Crippen molar-refractivity contribution in [1.29, 1.82) is 0 Å². The van der Waals surface area contributed by atoms with Crippen LogP contribution in [0.1, 0.15) is 37.1 Å². The van der Waals surface area contributed by atoms with Crippen molar-refractivity contribution in [3.05, 3.63) is 54.0 Å². The standard InChI is InChI=1S/C21H24N4O2/c1-16-7-6-8-18(13-16)26-15-20-23-21(24-27-20)17-9-10-19(22-14-17)25-11-4-2-3-5-12-25/h6-10,13-14H,2-5,11-12,15H2,1H3. The summed E-state index contributed by atoms with van der Waals surface area (Å²) in [7, 11) is 0. The van der Waals surface area contributed by atoms with Crippen LogP contribution >= 0.6 is 0 Å². The van der Waals surface area contributed by atoms with Crippen LogP contribution in [0.15, 0.2) is 47.1 Å². The molecule has 6 heteroatoms. The Hall–Kier alpha value is -2.89. The van der Waals surface area contributed by atoms with Crippen molar-refractivity contribution in [3.63, 3.8) is 0 Å². The molecule has 1 aliphatic rings. The van der Waals surface area contributed by atoms with Crippen LogP contribution in [0.2, 0.25) is 0 Å². The number of nitrogens with zero attached hydrogens (tertiary/aromatic N) is 4. The monoisotopic (exact) mass is 364 g/mol. The third-order valence-corrected chi connectivity index (χ3v) is 4.76. The highest BCUT2D eigenvalue weighted by Gasteiger charge is 2.13. The lowest BCUT2D eigenvalue weighted by Crippen LogP contribution is -2.24. The smallest absolute Gasteiger partial charge is 0.264 e. The van der Waals surface area contributed by atoms with Gasteiger partial charge in [0.05, 0.1) is 0 Å². The van der Waals surface area contributed by atoms with E-state index in [-0.39, 0.29) is 6.61 Å². The summed E-state index contributed by atoms with van der Waals surface area (Å²) in [6.45, 7) is 4.43. The van der Waals surface area contributed by atoms with Crippen LogP contribution in [0, 0.1) is 6.92 Å². The highest BCUT2D eigenvalue weighted by Crippen LogP contribution is 2.21. The molecule has 140 valence electrons. The Morgan fingerprint density at radius 3 is 2.67 bits per heavy atom. The van der Waals surface area contributed by atoms with Gasteiger partial charge in [-0.1, -0.05) is 30.1 Å². The highest BCUT2D eigenvalue weighted by molar-refractivity contribution is 5.55.